The zero-order valence-corrected chi connectivity index (χ0v) is 9.28. The number of carbonyl (C=O) groups is 1. The first-order chi connectivity index (χ1) is 8.56. The predicted octanol–water partition coefficient (Wildman–Crippen LogP) is 2.80. The molecule has 2 rings (SSSR count). The number of amides is 1. The fourth-order valence-corrected chi connectivity index (χ4v) is 1.43. The first-order valence-electron chi connectivity index (χ1n) is 5.18. The van der Waals surface area contributed by atoms with Crippen LogP contribution in [-0.4, -0.2) is 5.91 Å². The number of halogens is 2. The van der Waals surface area contributed by atoms with Gasteiger partial charge in [0.05, 0.1) is 5.69 Å². The number of hydrogen-bond donors (Lipinski definition) is 2. The Kier molecular flexibility index (Phi) is 3.23. The largest absolute Gasteiger partial charge is 0.399 e. The Morgan fingerprint density at radius 1 is 1.06 bits per heavy atom. The quantitative estimate of drug-likeness (QED) is 0.803. The third kappa shape index (κ3) is 2.63. The summed E-state index contributed by atoms with van der Waals surface area (Å²) in [5.41, 5.74) is 5.93. The van der Waals surface area contributed by atoms with E-state index in [0.717, 1.165) is 18.2 Å². The molecule has 0 atom stereocenters. The Morgan fingerprint density at radius 3 is 2.33 bits per heavy atom. The molecule has 3 N–H and O–H groups in total. The van der Waals surface area contributed by atoms with Gasteiger partial charge in [-0.05, 0) is 42.5 Å². The average Bonchev–Trinajstić information content (AvgIpc) is 2.33. The fourth-order valence-electron chi connectivity index (χ4n) is 1.43. The number of nitrogen functional groups attached to an aromatic ring is 1. The minimum atomic E-state index is -0.620. The summed E-state index contributed by atoms with van der Waals surface area (Å²) >= 11 is 0. The normalized spacial score (nSPS) is 10.1. The molecule has 3 nitrogen and oxygen atoms in total. The number of nitrogens with one attached hydrogen (secondary N) is 1. The second kappa shape index (κ2) is 4.83. The highest BCUT2D eigenvalue weighted by Crippen LogP contribution is 2.17. The van der Waals surface area contributed by atoms with Crippen LogP contribution in [0.2, 0.25) is 0 Å². The lowest BCUT2D eigenvalue weighted by atomic mass is 10.2. The lowest BCUT2D eigenvalue weighted by Gasteiger charge is -2.06. The molecule has 0 saturated heterocycles. The van der Waals surface area contributed by atoms with Gasteiger partial charge in [-0.15, -0.1) is 0 Å². The summed E-state index contributed by atoms with van der Waals surface area (Å²) in [4.78, 5) is 11.7. The SMILES string of the molecule is Nc1ccc(NC(=O)c2ccc(F)cc2)c(F)c1. The van der Waals surface area contributed by atoms with Gasteiger partial charge in [0.25, 0.3) is 5.91 Å². The van der Waals surface area contributed by atoms with Crippen molar-refractivity contribution in [2.75, 3.05) is 11.1 Å². The number of benzene rings is 2. The maximum absolute atomic E-state index is 13.4. The van der Waals surface area contributed by atoms with E-state index >= 15 is 0 Å². The van der Waals surface area contributed by atoms with Crippen LogP contribution in [0.3, 0.4) is 0 Å². The van der Waals surface area contributed by atoms with Gasteiger partial charge in [0, 0.05) is 11.3 Å². The molecule has 0 unspecified atom stereocenters. The van der Waals surface area contributed by atoms with E-state index in [0.29, 0.717) is 0 Å². The van der Waals surface area contributed by atoms with Crippen LogP contribution < -0.4 is 11.1 Å². The molecule has 0 aliphatic carbocycles. The summed E-state index contributed by atoms with van der Waals surface area (Å²) in [6.07, 6.45) is 0. The standard InChI is InChI=1S/C13H10F2N2O/c14-9-3-1-8(2-4-9)13(18)17-12-6-5-10(16)7-11(12)15/h1-7H,16H2,(H,17,18). The monoisotopic (exact) mass is 248 g/mol. The van der Waals surface area contributed by atoms with Gasteiger partial charge in [0.1, 0.15) is 11.6 Å². The Morgan fingerprint density at radius 2 is 1.72 bits per heavy atom. The van der Waals surface area contributed by atoms with Gasteiger partial charge >= 0.3 is 0 Å². The first-order valence-corrected chi connectivity index (χ1v) is 5.18. The second-order valence-electron chi connectivity index (χ2n) is 3.70. The molecule has 0 saturated carbocycles. The third-order valence-corrected chi connectivity index (χ3v) is 2.35. The molecule has 2 aromatic carbocycles. The number of rotatable bonds is 2. The summed E-state index contributed by atoms with van der Waals surface area (Å²) < 4.78 is 26.1. The topological polar surface area (TPSA) is 55.1 Å². The van der Waals surface area contributed by atoms with Crippen LogP contribution in [0.1, 0.15) is 10.4 Å². The van der Waals surface area contributed by atoms with E-state index in [1.807, 2.05) is 0 Å². The van der Waals surface area contributed by atoms with Crippen molar-refractivity contribution in [2.45, 2.75) is 0 Å². The van der Waals surface area contributed by atoms with E-state index in [1.54, 1.807) is 0 Å². The van der Waals surface area contributed by atoms with E-state index in [1.165, 1.54) is 24.3 Å². The van der Waals surface area contributed by atoms with Crippen molar-refractivity contribution in [3.8, 4) is 0 Å². The molecule has 0 aliphatic rings. The molecule has 2 aromatic rings. The maximum Gasteiger partial charge on any atom is 0.255 e. The number of hydrogen-bond acceptors (Lipinski definition) is 2. The van der Waals surface area contributed by atoms with Crippen molar-refractivity contribution in [3.05, 3.63) is 59.7 Å². The zero-order valence-electron chi connectivity index (χ0n) is 9.28. The van der Waals surface area contributed by atoms with E-state index in [-0.39, 0.29) is 16.9 Å². The Labute approximate surface area is 102 Å². The van der Waals surface area contributed by atoms with Gasteiger partial charge < -0.3 is 11.1 Å². The summed E-state index contributed by atoms with van der Waals surface area (Å²) in [6, 6.07) is 8.91. The summed E-state index contributed by atoms with van der Waals surface area (Å²) in [7, 11) is 0. The summed E-state index contributed by atoms with van der Waals surface area (Å²) in [5.74, 6) is -1.57. The summed E-state index contributed by atoms with van der Waals surface area (Å²) in [5, 5.41) is 2.38. The van der Waals surface area contributed by atoms with Gasteiger partial charge in [-0.2, -0.15) is 0 Å². The van der Waals surface area contributed by atoms with Crippen LogP contribution in [-0.2, 0) is 0 Å². The van der Waals surface area contributed by atoms with Crippen molar-refractivity contribution in [1.82, 2.24) is 0 Å². The smallest absolute Gasteiger partial charge is 0.255 e. The van der Waals surface area contributed by atoms with Gasteiger partial charge in [0.2, 0.25) is 0 Å². The van der Waals surface area contributed by atoms with Gasteiger partial charge in [-0.1, -0.05) is 0 Å². The molecule has 0 fully saturated rings. The molecular weight excluding hydrogens is 238 g/mol. The Hall–Kier alpha value is -2.43. The van der Waals surface area contributed by atoms with Gasteiger partial charge in [0.15, 0.2) is 0 Å². The second-order valence-corrected chi connectivity index (χ2v) is 3.70. The predicted molar refractivity (Wildman–Crippen MR) is 65.2 cm³/mol. The number of nitrogens with two attached hydrogens (primary N) is 1. The lowest BCUT2D eigenvalue weighted by molar-refractivity contribution is 0.102. The van der Waals surface area contributed by atoms with Gasteiger partial charge in [-0.3, -0.25) is 4.79 Å². The molecule has 92 valence electrons. The van der Waals surface area contributed by atoms with Crippen molar-refractivity contribution in [2.24, 2.45) is 0 Å². The molecule has 18 heavy (non-hydrogen) atoms. The van der Waals surface area contributed by atoms with E-state index < -0.39 is 17.5 Å². The van der Waals surface area contributed by atoms with Crippen LogP contribution in [0.25, 0.3) is 0 Å². The highest BCUT2D eigenvalue weighted by Gasteiger charge is 2.09. The molecule has 0 heterocycles. The molecule has 0 radical (unpaired) electrons. The van der Waals surface area contributed by atoms with Crippen LogP contribution in [0.15, 0.2) is 42.5 Å². The first kappa shape index (κ1) is 12.0. The molecule has 0 bridgehead atoms. The lowest BCUT2D eigenvalue weighted by Crippen LogP contribution is -2.13. The maximum atomic E-state index is 13.4. The highest BCUT2D eigenvalue weighted by atomic mass is 19.1. The van der Waals surface area contributed by atoms with Crippen molar-refractivity contribution >= 4 is 17.3 Å². The minimum Gasteiger partial charge on any atom is -0.399 e. The average molecular weight is 248 g/mol. The van der Waals surface area contributed by atoms with E-state index in [9.17, 15) is 13.6 Å². The molecule has 0 aliphatic heterocycles. The molecular formula is C13H10F2N2O. The minimum absolute atomic E-state index is 0.0264. The Bertz CT molecular complexity index is 582. The van der Waals surface area contributed by atoms with Crippen molar-refractivity contribution in [3.63, 3.8) is 0 Å². The van der Waals surface area contributed by atoms with Crippen LogP contribution in [0.4, 0.5) is 20.2 Å². The Balaban J connectivity index is 2.18. The molecule has 5 heteroatoms. The molecule has 0 spiro atoms. The fraction of sp³-hybridized carbons (Fsp3) is 0. The number of carbonyl (C=O) groups excluding carboxylic acids is 1. The van der Waals surface area contributed by atoms with Crippen molar-refractivity contribution in [1.29, 1.82) is 0 Å². The van der Waals surface area contributed by atoms with Crippen LogP contribution in [0.5, 0.6) is 0 Å². The summed E-state index contributed by atoms with van der Waals surface area (Å²) in [6.45, 7) is 0. The highest BCUT2D eigenvalue weighted by molar-refractivity contribution is 6.04. The number of anilines is 2. The van der Waals surface area contributed by atoms with Crippen LogP contribution >= 0.6 is 0 Å². The van der Waals surface area contributed by atoms with Crippen molar-refractivity contribution < 1.29 is 13.6 Å². The van der Waals surface area contributed by atoms with E-state index in [2.05, 4.69) is 5.32 Å². The molecule has 0 aromatic heterocycles. The van der Waals surface area contributed by atoms with Gasteiger partial charge in [-0.25, -0.2) is 8.78 Å². The zero-order chi connectivity index (χ0) is 13.1. The van der Waals surface area contributed by atoms with E-state index in [4.69, 9.17) is 5.73 Å². The van der Waals surface area contributed by atoms with Crippen LogP contribution in [0, 0.1) is 11.6 Å². The molecule has 1 amide bonds. The third-order valence-electron chi connectivity index (χ3n) is 2.35.